The summed E-state index contributed by atoms with van der Waals surface area (Å²) in [6, 6.07) is 12.5. The van der Waals surface area contributed by atoms with Crippen molar-refractivity contribution in [2.45, 2.75) is 43.9 Å². The van der Waals surface area contributed by atoms with Crippen LogP contribution in [0, 0.1) is 0 Å². The van der Waals surface area contributed by atoms with Crippen LogP contribution in [0.4, 0.5) is 5.69 Å². The van der Waals surface area contributed by atoms with E-state index in [1.54, 1.807) is 26.0 Å². The molecule has 36 heavy (non-hydrogen) atoms. The number of hydrogen-bond donors (Lipinski definition) is 1. The van der Waals surface area contributed by atoms with Crippen LogP contribution in [0.5, 0.6) is 11.5 Å². The molecule has 3 aromatic rings. The smallest absolute Gasteiger partial charge is 0.299 e. The SMILES string of the molecule is CCCC(N)=NCCCCc1nc(C=C2Sc3ccccc3N2C)c2cc(OC)c(OC)cc2[n+]1C. The van der Waals surface area contributed by atoms with E-state index in [-0.39, 0.29) is 0 Å². The van der Waals surface area contributed by atoms with Crippen LogP contribution in [-0.4, -0.2) is 38.6 Å². The minimum absolute atomic E-state index is 0.692. The lowest BCUT2D eigenvalue weighted by molar-refractivity contribution is -0.656. The van der Waals surface area contributed by atoms with Gasteiger partial charge >= 0.3 is 0 Å². The van der Waals surface area contributed by atoms with Gasteiger partial charge in [0.25, 0.3) is 5.82 Å². The fraction of sp³-hybridized carbons (Fsp3) is 0.393. The molecule has 0 saturated heterocycles. The summed E-state index contributed by atoms with van der Waals surface area (Å²) in [6.45, 7) is 2.87. The lowest BCUT2D eigenvalue weighted by Crippen LogP contribution is -2.36. The number of ether oxygens (including phenoxy) is 2. The average molecular weight is 507 g/mol. The molecule has 0 atom stereocenters. The zero-order valence-electron chi connectivity index (χ0n) is 21.9. The van der Waals surface area contributed by atoms with Crippen molar-refractivity contribution in [3.05, 3.63) is 52.9 Å². The second kappa shape index (κ2) is 11.6. The Bertz CT molecular complexity index is 1300. The number of para-hydroxylation sites is 1. The number of hydrogen-bond acceptors (Lipinski definition) is 6. The second-order valence-corrected chi connectivity index (χ2v) is 9.95. The number of aliphatic imine (C=N–C) groups is 1. The maximum absolute atomic E-state index is 5.95. The first kappa shape index (κ1) is 25.8. The summed E-state index contributed by atoms with van der Waals surface area (Å²) >= 11 is 1.76. The van der Waals surface area contributed by atoms with Gasteiger partial charge < -0.3 is 20.1 Å². The van der Waals surface area contributed by atoms with E-state index < -0.39 is 0 Å². The molecule has 0 aliphatic carbocycles. The molecular weight excluding hydrogens is 470 g/mol. The molecule has 7 nitrogen and oxygen atoms in total. The van der Waals surface area contributed by atoms with E-state index in [0.717, 1.165) is 71.9 Å². The van der Waals surface area contributed by atoms with Gasteiger partial charge in [-0.25, -0.2) is 4.57 Å². The number of thioether (sulfide) groups is 1. The van der Waals surface area contributed by atoms with Crippen LogP contribution in [-0.2, 0) is 13.5 Å². The van der Waals surface area contributed by atoms with Gasteiger partial charge in [0.05, 0.1) is 49.6 Å². The number of methoxy groups -OCH3 is 2. The van der Waals surface area contributed by atoms with E-state index in [1.807, 2.05) is 12.1 Å². The number of nitrogens with two attached hydrogens (primary N) is 1. The van der Waals surface area contributed by atoms with Crippen molar-refractivity contribution in [1.82, 2.24) is 4.98 Å². The topological polar surface area (TPSA) is 76.8 Å². The lowest BCUT2D eigenvalue weighted by Gasteiger charge is -2.14. The Morgan fingerprint density at radius 1 is 1.17 bits per heavy atom. The molecule has 190 valence electrons. The first-order valence-corrected chi connectivity index (χ1v) is 13.2. The second-order valence-electron chi connectivity index (χ2n) is 8.89. The van der Waals surface area contributed by atoms with Crippen molar-refractivity contribution in [2.75, 3.05) is 32.7 Å². The molecule has 0 unspecified atom stereocenters. The highest BCUT2D eigenvalue weighted by molar-refractivity contribution is 8.03. The van der Waals surface area contributed by atoms with Crippen LogP contribution in [0.15, 0.2) is 51.3 Å². The van der Waals surface area contributed by atoms with E-state index in [2.05, 4.69) is 65.8 Å². The third kappa shape index (κ3) is 5.43. The minimum atomic E-state index is 0.692. The highest BCUT2D eigenvalue weighted by Crippen LogP contribution is 2.45. The van der Waals surface area contributed by atoms with Gasteiger partial charge in [0.15, 0.2) is 17.2 Å². The Kier molecular flexibility index (Phi) is 8.36. The molecule has 0 fully saturated rings. The van der Waals surface area contributed by atoms with E-state index in [0.29, 0.717) is 11.5 Å². The van der Waals surface area contributed by atoms with Gasteiger partial charge in [-0.05, 0) is 42.4 Å². The molecule has 2 heterocycles. The van der Waals surface area contributed by atoms with Gasteiger partial charge in [-0.3, -0.25) is 4.99 Å². The van der Waals surface area contributed by atoms with Crippen molar-refractivity contribution >= 4 is 40.3 Å². The average Bonchev–Trinajstić information content (AvgIpc) is 3.20. The van der Waals surface area contributed by atoms with Crippen LogP contribution < -0.4 is 24.7 Å². The third-order valence-electron chi connectivity index (χ3n) is 6.44. The Balaban J connectivity index is 1.70. The molecule has 0 amide bonds. The first-order chi connectivity index (χ1) is 17.5. The first-order valence-electron chi connectivity index (χ1n) is 12.4. The highest BCUT2D eigenvalue weighted by atomic mass is 32.2. The molecule has 4 rings (SSSR count). The Labute approximate surface area is 218 Å². The van der Waals surface area contributed by atoms with Crippen LogP contribution >= 0.6 is 11.8 Å². The summed E-state index contributed by atoms with van der Waals surface area (Å²) < 4.78 is 13.4. The van der Waals surface area contributed by atoms with Crippen LogP contribution in [0.25, 0.3) is 17.0 Å². The number of unbranched alkanes of at least 4 members (excludes halogenated alkanes) is 1. The number of amidine groups is 1. The van der Waals surface area contributed by atoms with Gasteiger partial charge in [0.1, 0.15) is 5.52 Å². The number of anilines is 1. The zero-order chi connectivity index (χ0) is 25.7. The Morgan fingerprint density at radius 2 is 1.92 bits per heavy atom. The fourth-order valence-electron chi connectivity index (χ4n) is 4.41. The van der Waals surface area contributed by atoms with Crippen molar-refractivity contribution in [1.29, 1.82) is 0 Å². The van der Waals surface area contributed by atoms with E-state index in [4.69, 9.17) is 20.2 Å². The van der Waals surface area contributed by atoms with Gasteiger partial charge in [0, 0.05) is 37.1 Å². The predicted molar refractivity (Wildman–Crippen MR) is 149 cm³/mol. The number of rotatable bonds is 10. The van der Waals surface area contributed by atoms with Gasteiger partial charge in [0.2, 0.25) is 0 Å². The number of aryl methyl sites for hydroxylation is 2. The molecule has 2 N–H and O–H groups in total. The van der Waals surface area contributed by atoms with Gasteiger partial charge in [-0.1, -0.05) is 30.8 Å². The number of nitrogens with zero attached hydrogens (tertiary/aromatic N) is 4. The van der Waals surface area contributed by atoms with E-state index in [9.17, 15) is 0 Å². The fourth-order valence-corrected chi connectivity index (χ4v) is 5.50. The Hall–Kier alpha value is -3.26. The zero-order valence-corrected chi connectivity index (χ0v) is 22.7. The number of aromatic nitrogens is 2. The van der Waals surface area contributed by atoms with Crippen LogP contribution in [0.2, 0.25) is 0 Å². The Morgan fingerprint density at radius 3 is 2.64 bits per heavy atom. The maximum Gasteiger partial charge on any atom is 0.299 e. The van der Waals surface area contributed by atoms with E-state index >= 15 is 0 Å². The maximum atomic E-state index is 5.95. The summed E-state index contributed by atoms with van der Waals surface area (Å²) in [7, 11) is 7.50. The summed E-state index contributed by atoms with van der Waals surface area (Å²) in [6.07, 6.45) is 6.87. The molecule has 2 aromatic carbocycles. The minimum Gasteiger partial charge on any atom is -0.493 e. The van der Waals surface area contributed by atoms with Crippen LogP contribution in [0.3, 0.4) is 0 Å². The van der Waals surface area contributed by atoms with Crippen molar-refractivity contribution in [3.8, 4) is 11.5 Å². The van der Waals surface area contributed by atoms with Crippen molar-refractivity contribution in [3.63, 3.8) is 0 Å². The summed E-state index contributed by atoms with van der Waals surface area (Å²) in [4.78, 5) is 13.1. The molecule has 1 aliphatic rings. The quantitative estimate of drug-likeness (QED) is 0.179. The highest BCUT2D eigenvalue weighted by Gasteiger charge is 2.25. The summed E-state index contributed by atoms with van der Waals surface area (Å²) in [5, 5.41) is 2.16. The summed E-state index contributed by atoms with van der Waals surface area (Å²) in [5.74, 6) is 3.17. The standard InChI is InChI=1S/C28H36N5O2S/c1-6-11-26(29)30-15-10-9-14-27-31-20(17-28-33(3)21-12-7-8-13-25(21)36-28)19-16-23(34-4)24(35-5)18-22(19)32(27)2/h7-8,12-13,16-18H,6,9-11,14-15H2,1-5H3,(H2,29,30)/q+1. The van der Waals surface area contributed by atoms with Crippen LogP contribution in [0.1, 0.15) is 44.1 Å². The predicted octanol–water partition coefficient (Wildman–Crippen LogP) is 5.10. The largest absolute Gasteiger partial charge is 0.493 e. The molecule has 1 aromatic heterocycles. The number of fused-ring (bicyclic) bond motifs is 2. The van der Waals surface area contributed by atoms with Crippen molar-refractivity contribution in [2.24, 2.45) is 17.8 Å². The monoisotopic (exact) mass is 506 g/mol. The summed E-state index contributed by atoms with van der Waals surface area (Å²) in [5.41, 5.74) is 9.14. The number of benzene rings is 2. The third-order valence-corrected chi connectivity index (χ3v) is 7.60. The molecule has 0 bridgehead atoms. The van der Waals surface area contributed by atoms with Crippen molar-refractivity contribution < 1.29 is 14.0 Å². The van der Waals surface area contributed by atoms with Gasteiger partial charge in [-0.15, -0.1) is 0 Å². The molecule has 1 aliphatic heterocycles. The van der Waals surface area contributed by atoms with E-state index in [1.165, 1.54) is 10.6 Å². The molecular formula is C28H36N5O2S+. The molecule has 0 saturated carbocycles. The molecule has 0 radical (unpaired) electrons. The molecule has 0 spiro atoms. The molecule has 8 heteroatoms. The normalized spacial score (nSPS) is 14.5. The lowest BCUT2D eigenvalue weighted by atomic mass is 10.1. The van der Waals surface area contributed by atoms with Gasteiger partial charge in [-0.2, -0.15) is 0 Å².